The van der Waals surface area contributed by atoms with Crippen LogP contribution in [0.2, 0.25) is 0 Å². The lowest BCUT2D eigenvalue weighted by atomic mass is 10.2. The molecule has 0 fully saturated rings. The quantitative estimate of drug-likeness (QED) is 0.765. The van der Waals surface area contributed by atoms with Gasteiger partial charge in [-0.05, 0) is 30.5 Å². The highest BCUT2D eigenvalue weighted by Gasteiger charge is 2.06. The van der Waals surface area contributed by atoms with Crippen molar-refractivity contribution < 1.29 is 0 Å². The van der Waals surface area contributed by atoms with E-state index in [2.05, 4.69) is 55.0 Å². The monoisotopic (exact) mass is 249 g/mol. The largest absolute Gasteiger partial charge is 0.370 e. The van der Waals surface area contributed by atoms with Crippen molar-refractivity contribution in [1.29, 1.82) is 0 Å². The Morgan fingerprint density at radius 2 is 2.06 bits per heavy atom. The zero-order chi connectivity index (χ0) is 13.4. The molecular formula is C15H27N3. The van der Waals surface area contributed by atoms with Gasteiger partial charge in [-0.25, -0.2) is 4.98 Å². The normalized spacial score (nSPS) is 11.2. The molecule has 1 aromatic rings. The van der Waals surface area contributed by atoms with Crippen LogP contribution in [0.5, 0.6) is 0 Å². The van der Waals surface area contributed by atoms with Gasteiger partial charge in [0.25, 0.3) is 0 Å². The fourth-order valence-corrected chi connectivity index (χ4v) is 1.96. The molecule has 0 spiro atoms. The van der Waals surface area contributed by atoms with Crippen molar-refractivity contribution in [2.75, 3.05) is 25.0 Å². The summed E-state index contributed by atoms with van der Waals surface area (Å²) in [5.41, 5.74) is 1.29. The Bertz CT molecular complexity index is 319. The van der Waals surface area contributed by atoms with E-state index in [1.807, 2.05) is 6.20 Å². The van der Waals surface area contributed by atoms with Gasteiger partial charge < -0.3 is 5.32 Å². The maximum Gasteiger partial charge on any atom is 0.125 e. The minimum absolute atomic E-state index is 0.711. The van der Waals surface area contributed by atoms with Crippen LogP contribution in [0, 0.1) is 5.92 Å². The molecule has 3 nitrogen and oxygen atoms in total. The number of nitrogens with one attached hydrogen (secondary N) is 1. The van der Waals surface area contributed by atoms with Crippen LogP contribution in [0.15, 0.2) is 18.3 Å². The summed E-state index contributed by atoms with van der Waals surface area (Å²) in [5.74, 6) is 1.69. The van der Waals surface area contributed by atoms with Gasteiger partial charge in [0.1, 0.15) is 5.82 Å². The molecule has 0 bridgehead atoms. The van der Waals surface area contributed by atoms with Crippen LogP contribution in [-0.4, -0.2) is 29.5 Å². The van der Waals surface area contributed by atoms with Gasteiger partial charge in [0.05, 0.1) is 0 Å². The highest BCUT2D eigenvalue weighted by Crippen LogP contribution is 2.09. The summed E-state index contributed by atoms with van der Waals surface area (Å²) in [5, 5.41) is 3.30. The lowest BCUT2D eigenvalue weighted by Crippen LogP contribution is -2.27. The van der Waals surface area contributed by atoms with Crippen LogP contribution in [0.25, 0.3) is 0 Å². The molecule has 3 heteroatoms. The van der Waals surface area contributed by atoms with E-state index in [1.54, 1.807) is 0 Å². The van der Waals surface area contributed by atoms with Gasteiger partial charge in [-0.1, -0.05) is 33.8 Å². The highest BCUT2D eigenvalue weighted by molar-refractivity contribution is 5.35. The van der Waals surface area contributed by atoms with E-state index in [0.717, 1.165) is 38.4 Å². The fourth-order valence-electron chi connectivity index (χ4n) is 1.96. The molecule has 1 N–H and O–H groups in total. The standard InChI is InChI=1S/C15H27N3/c1-5-9-16-15-8-7-14(10-17-15)12-18(6-2)11-13(3)4/h7-8,10,13H,5-6,9,11-12H2,1-4H3,(H,16,17). The fraction of sp³-hybridized carbons (Fsp3) is 0.667. The molecule has 0 aliphatic heterocycles. The van der Waals surface area contributed by atoms with Crippen molar-refractivity contribution in [3.8, 4) is 0 Å². The average molecular weight is 249 g/mol. The van der Waals surface area contributed by atoms with Gasteiger partial charge in [0.15, 0.2) is 0 Å². The van der Waals surface area contributed by atoms with Crippen molar-refractivity contribution in [2.24, 2.45) is 5.92 Å². The molecule has 0 unspecified atom stereocenters. The molecule has 0 radical (unpaired) electrons. The highest BCUT2D eigenvalue weighted by atomic mass is 15.1. The molecule has 1 aromatic heterocycles. The minimum atomic E-state index is 0.711. The molecule has 0 atom stereocenters. The first-order valence-electron chi connectivity index (χ1n) is 7.06. The Balaban J connectivity index is 2.51. The van der Waals surface area contributed by atoms with Gasteiger partial charge in [0.2, 0.25) is 0 Å². The van der Waals surface area contributed by atoms with Gasteiger partial charge in [0, 0.05) is 25.8 Å². The van der Waals surface area contributed by atoms with Gasteiger partial charge in [-0.15, -0.1) is 0 Å². The van der Waals surface area contributed by atoms with Crippen LogP contribution in [0.1, 0.15) is 39.7 Å². The summed E-state index contributed by atoms with van der Waals surface area (Å²) < 4.78 is 0. The number of aromatic nitrogens is 1. The third-order valence-corrected chi connectivity index (χ3v) is 2.86. The molecule has 0 aliphatic rings. The van der Waals surface area contributed by atoms with E-state index in [0.29, 0.717) is 5.92 Å². The van der Waals surface area contributed by atoms with Crippen LogP contribution in [-0.2, 0) is 6.54 Å². The van der Waals surface area contributed by atoms with Crippen molar-refractivity contribution >= 4 is 5.82 Å². The maximum atomic E-state index is 4.44. The molecule has 0 amide bonds. The molecule has 0 saturated carbocycles. The molecule has 0 aliphatic carbocycles. The van der Waals surface area contributed by atoms with E-state index >= 15 is 0 Å². The van der Waals surface area contributed by atoms with Gasteiger partial charge >= 0.3 is 0 Å². The van der Waals surface area contributed by atoms with Crippen LogP contribution >= 0.6 is 0 Å². The first-order chi connectivity index (χ1) is 8.65. The van der Waals surface area contributed by atoms with Crippen molar-refractivity contribution in [3.05, 3.63) is 23.9 Å². The molecule has 0 saturated heterocycles. The number of rotatable bonds is 8. The zero-order valence-electron chi connectivity index (χ0n) is 12.2. The van der Waals surface area contributed by atoms with Gasteiger partial charge in [-0.2, -0.15) is 0 Å². The predicted molar refractivity (Wildman–Crippen MR) is 78.8 cm³/mol. The second kappa shape index (κ2) is 8.09. The van der Waals surface area contributed by atoms with Crippen LogP contribution in [0.3, 0.4) is 0 Å². The van der Waals surface area contributed by atoms with Gasteiger partial charge in [-0.3, -0.25) is 4.90 Å². The third-order valence-electron chi connectivity index (χ3n) is 2.86. The lowest BCUT2D eigenvalue weighted by molar-refractivity contribution is 0.248. The summed E-state index contributed by atoms with van der Waals surface area (Å²) in [6, 6.07) is 4.25. The third kappa shape index (κ3) is 5.50. The second-order valence-electron chi connectivity index (χ2n) is 5.20. The summed E-state index contributed by atoms with van der Waals surface area (Å²) in [6.45, 7) is 13.1. The van der Waals surface area contributed by atoms with Crippen molar-refractivity contribution in [2.45, 2.75) is 40.7 Å². The first kappa shape index (κ1) is 15.0. The smallest absolute Gasteiger partial charge is 0.125 e. The number of hydrogen-bond donors (Lipinski definition) is 1. The summed E-state index contributed by atoms with van der Waals surface area (Å²) in [6.07, 6.45) is 3.11. The topological polar surface area (TPSA) is 28.2 Å². The predicted octanol–water partition coefficient (Wildman–Crippen LogP) is 3.38. The Kier molecular flexibility index (Phi) is 6.73. The number of anilines is 1. The Morgan fingerprint density at radius 1 is 1.28 bits per heavy atom. The van der Waals surface area contributed by atoms with E-state index in [9.17, 15) is 0 Å². The van der Waals surface area contributed by atoms with E-state index in [-0.39, 0.29) is 0 Å². The second-order valence-corrected chi connectivity index (χ2v) is 5.20. The van der Waals surface area contributed by atoms with Crippen molar-refractivity contribution in [3.63, 3.8) is 0 Å². The summed E-state index contributed by atoms with van der Waals surface area (Å²) in [7, 11) is 0. The maximum absolute atomic E-state index is 4.44. The van der Waals surface area contributed by atoms with Crippen LogP contribution < -0.4 is 5.32 Å². The van der Waals surface area contributed by atoms with E-state index in [1.165, 1.54) is 5.56 Å². The first-order valence-corrected chi connectivity index (χ1v) is 7.06. The summed E-state index contributed by atoms with van der Waals surface area (Å²) in [4.78, 5) is 6.90. The minimum Gasteiger partial charge on any atom is -0.370 e. The molecule has 1 rings (SSSR count). The average Bonchev–Trinajstić information content (AvgIpc) is 2.36. The number of pyridine rings is 1. The SMILES string of the molecule is CCCNc1ccc(CN(CC)CC(C)C)cn1. The van der Waals surface area contributed by atoms with E-state index in [4.69, 9.17) is 0 Å². The molecule has 1 heterocycles. The molecule has 0 aromatic carbocycles. The number of hydrogen-bond acceptors (Lipinski definition) is 3. The van der Waals surface area contributed by atoms with E-state index < -0.39 is 0 Å². The molecule has 18 heavy (non-hydrogen) atoms. The number of nitrogens with zero attached hydrogens (tertiary/aromatic N) is 2. The Hall–Kier alpha value is -1.09. The Morgan fingerprint density at radius 3 is 2.56 bits per heavy atom. The molecule has 102 valence electrons. The zero-order valence-corrected chi connectivity index (χ0v) is 12.2. The van der Waals surface area contributed by atoms with Crippen LogP contribution in [0.4, 0.5) is 5.82 Å². The molecular weight excluding hydrogens is 222 g/mol. The van der Waals surface area contributed by atoms with Crippen molar-refractivity contribution in [1.82, 2.24) is 9.88 Å². The summed E-state index contributed by atoms with van der Waals surface area (Å²) >= 11 is 0. The Labute approximate surface area is 112 Å². The lowest BCUT2D eigenvalue weighted by Gasteiger charge is -2.22.